The number of pyridine rings is 1. The van der Waals surface area contributed by atoms with Crippen LogP contribution in [0.25, 0.3) is 0 Å². The van der Waals surface area contributed by atoms with Gasteiger partial charge in [-0.15, -0.1) is 0 Å². The lowest BCUT2D eigenvalue weighted by atomic mass is 10.1. The van der Waals surface area contributed by atoms with E-state index in [0.717, 1.165) is 25.1 Å². The van der Waals surface area contributed by atoms with Crippen molar-refractivity contribution in [1.82, 2.24) is 10.3 Å². The molecule has 1 fully saturated rings. The van der Waals surface area contributed by atoms with Crippen LogP contribution in [0.3, 0.4) is 0 Å². The highest BCUT2D eigenvalue weighted by Crippen LogP contribution is 2.24. The molecule has 1 heterocycles. The van der Waals surface area contributed by atoms with Gasteiger partial charge in [0.15, 0.2) is 5.82 Å². The summed E-state index contributed by atoms with van der Waals surface area (Å²) in [6.07, 6.45) is 2.91. The van der Waals surface area contributed by atoms with Crippen LogP contribution in [0.5, 0.6) is 0 Å². The third-order valence-corrected chi connectivity index (χ3v) is 3.16. The summed E-state index contributed by atoms with van der Waals surface area (Å²) in [6, 6.07) is 1.14. The molecule has 0 spiro atoms. The number of amides is 1. The zero-order valence-electron chi connectivity index (χ0n) is 9.70. The van der Waals surface area contributed by atoms with Crippen molar-refractivity contribution in [3.8, 4) is 0 Å². The summed E-state index contributed by atoms with van der Waals surface area (Å²) >= 11 is 0. The molecule has 98 valence electrons. The Kier molecular flexibility index (Phi) is 3.86. The summed E-state index contributed by atoms with van der Waals surface area (Å²) in [5.74, 6) is -2.98. The van der Waals surface area contributed by atoms with Gasteiger partial charge in [-0.2, -0.15) is 4.39 Å². The lowest BCUT2D eigenvalue weighted by molar-refractivity contribution is 0.0939. The topological polar surface area (TPSA) is 62.2 Å². The molecule has 0 saturated heterocycles. The number of halogens is 2. The second kappa shape index (κ2) is 5.39. The molecule has 0 radical (unpaired) electrons. The summed E-state index contributed by atoms with van der Waals surface area (Å²) in [7, 11) is 0. The van der Waals surface area contributed by atoms with Gasteiger partial charge < -0.3 is 10.4 Å². The lowest BCUT2D eigenvalue weighted by Gasteiger charge is -2.11. The monoisotopic (exact) mass is 256 g/mol. The Morgan fingerprint density at radius 1 is 1.50 bits per heavy atom. The van der Waals surface area contributed by atoms with Gasteiger partial charge >= 0.3 is 0 Å². The normalized spacial score (nSPS) is 23.1. The van der Waals surface area contributed by atoms with Crippen LogP contribution in [0, 0.1) is 17.7 Å². The first kappa shape index (κ1) is 12.9. The van der Waals surface area contributed by atoms with Crippen LogP contribution in [0.15, 0.2) is 12.3 Å². The van der Waals surface area contributed by atoms with E-state index < -0.39 is 17.7 Å². The van der Waals surface area contributed by atoms with Gasteiger partial charge in [-0.3, -0.25) is 4.79 Å². The number of carbonyl (C=O) groups excluding carboxylic acids is 1. The van der Waals surface area contributed by atoms with Crippen molar-refractivity contribution >= 4 is 5.91 Å². The first-order chi connectivity index (χ1) is 8.58. The number of aliphatic hydroxyl groups excluding tert-OH is 1. The van der Waals surface area contributed by atoms with Crippen LogP contribution in [-0.4, -0.2) is 28.6 Å². The Morgan fingerprint density at radius 3 is 2.94 bits per heavy atom. The van der Waals surface area contributed by atoms with Crippen molar-refractivity contribution in [2.45, 2.75) is 25.4 Å². The Balaban J connectivity index is 1.94. The van der Waals surface area contributed by atoms with E-state index in [1.54, 1.807) is 0 Å². The van der Waals surface area contributed by atoms with Gasteiger partial charge in [0.25, 0.3) is 5.91 Å². The lowest BCUT2D eigenvalue weighted by Crippen LogP contribution is -2.29. The maximum absolute atomic E-state index is 13.3. The second-order valence-electron chi connectivity index (χ2n) is 4.51. The van der Waals surface area contributed by atoms with Crippen LogP contribution in [0.1, 0.15) is 29.6 Å². The summed E-state index contributed by atoms with van der Waals surface area (Å²) in [5.41, 5.74) is -0.346. The standard InChI is InChI=1S/C12H14F2N2O2/c13-10-9(3-4-15-11(10)14)12(18)16-6-7-1-2-8(17)5-7/h3-4,7-8,17H,1-2,5-6H2,(H,16,18). The van der Waals surface area contributed by atoms with Gasteiger partial charge in [0, 0.05) is 12.7 Å². The fraction of sp³-hybridized carbons (Fsp3) is 0.500. The summed E-state index contributed by atoms with van der Waals surface area (Å²) in [5, 5.41) is 11.9. The number of carbonyl (C=O) groups is 1. The molecule has 0 aromatic carbocycles. The maximum Gasteiger partial charge on any atom is 0.254 e. The summed E-state index contributed by atoms with van der Waals surface area (Å²) in [4.78, 5) is 14.8. The van der Waals surface area contributed by atoms with E-state index in [9.17, 15) is 18.7 Å². The predicted molar refractivity (Wildman–Crippen MR) is 59.8 cm³/mol. The second-order valence-corrected chi connectivity index (χ2v) is 4.51. The van der Waals surface area contributed by atoms with E-state index in [1.807, 2.05) is 0 Å². The smallest absolute Gasteiger partial charge is 0.254 e. The molecule has 18 heavy (non-hydrogen) atoms. The predicted octanol–water partition coefficient (Wildman–Crippen LogP) is 1.25. The molecule has 1 amide bonds. The summed E-state index contributed by atoms with van der Waals surface area (Å²) < 4.78 is 26.1. The van der Waals surface area contributed by atoms with E-state index in [1.165, 1.54) is 0 Å². The number of hydrogen-bond donors (Lipinski definition) is 2. The first-order valence-corrected chi connectivity index (χ1v) is 5.84. The number of hydrogen-bond acceptors (Lipinski definition) is 3. The van der Waals surface area contributed by atoms with Crippen molar-refractivity contribution in [2.24, 2.45) is 5.92 Å². The Bertz CT molecular complexity index is 454. The van der Waals surface area contributed by atoms with Crippen LogP contribution in [-0.2, 0) is 0 Å². The van der Waals surface area contributed by atoms with Gasteiger partial charge in [0.2, 0.25) is 5.95 Å². The number of rotatable bonds is 3. The molecule has 2 atom stereocenters. The average molecular weight is 256 g/mol. The minimum Gasteiger partial charge on any atom is -0.393 e. The van der Waals surface area contributed by atoms with Gasteiger partial charge in [-0.05, 0) is 31.2 Å². The highest BCUT2D eigenvalue weighted by Gasteiger charge is 2.24. The van der Waals surface area contributed by atoms with E-state index in [0.29, 0.717) is 13.0 Å². The zero-order valence-corrected chi connectivity index (χ0v) is 9.70. The molecule has 6 heteroatoms. The van der Waals surface area contributed by atoms with E-state index in [-0.39, 0.29) is 17.6 Å². The molecule has 2 rings (SSSR count). The SMILES string of the molecule is O=C(NCC1CCC(O)C1)c1ccnc(F)c1F. The zero-order chi connectivity index (χ0) is 13.1. The minimum absolute atomic E-state index is 0.193. The maximum atomic E-state index is 13.3. The van der Waals surface area contributed by atoms with Crippen molar-refractivity contribution < 1.29 is 18.7 Å². The highest BCUT2D eigenvalue weighted by molar-refractivity contribution is 5.94. The van der Waals surface area contributed by atoms with Gasteiger partial charge in [0.05, 0.1) is 11.7 Å². The highest BCUT2D eigenvalue weighted by atomic mass is 19.2. The third-order valence-electron chi connectivity index (χ3n) is 3.16. The molecule has 0 aliphatic heterocycles. The van der Waals surface area contributed by atoms with E-state index >= 15 is 0 Å². The molecule has 1 aliphatic carbocycles. The molecule has 1 aromatic heterocycles. The average Bonchev–Trinajstić information content (AvgIpc) is 2.76. The molecule has 1 aliphatic rings. The quantitative estimate of drug-likeness (QED) is 0.800. The van der Waals surface area contributed by atoms with Gasteiger partial charge in [-0.1, -0.05) is 0 Å². The van der Waals surface area contributed by atoms with E-state index in [4.69, 9.17) is 0 Å². The van der Waals surface area contributed by atoms with Crippen molar-refractivity contribution in [3.05, 3.63) is 29.6 Å². The number of nitrogens with one attached hydrogen (secondary N) is 1. The van der Waals surface area contributed by atoms with Crippen molar-refractivity contribution in [3.63, 3.8) is 0 Å². The van der Waals surface area contributed by atoms with Crippen LogP contribution in [0.2, 0.25) is 0 Å². The van der Waals surface area contributed by atoms with Crippen LogP contribution in [0.4, 0.5) is 8.78 Å². The molecular weight excluding hydrogens is 242 g/mol. The number of nitrogens with zero attached hydrogens (tertiary/aromatic N) is 1. The number of aromatic nitrogens is 1. The van der Waals surface area contributed by atoms with Crippen LogP contribution < -0.4 is 5.32 Å². The molecule has 2 unspecified atom stereocenters. The van der Waals surface area contributed by atoms with Crippen molar-refractivity contribution in [1.29, 1.82) is 0 Å². The minimum atomic E-state index is -1.28. The molecule has 2 N–H and O–H groups in total. The first-order valence-electron chi connectivity index (χ1n) is 5.84. The van der Waals surface area contributed by atoms with Gasteiger partial charge in [-0.25, -0.2) is 9.37 Å². The van der Waals surface area contributed by atoms with Gasteiger partial charge in [0.1, 0.15) is 0 Å². The molecular formula is C12H14F2N2O2. The Labute approximate surface area is 103 Å². The van der Waals surface area contributed by atoms with Crippen molar-refractivity contribution in [2.75, 3.05) is 6.54 Å². The molecule has 4 nitrogen and oxygen atoms in total. The fourth-order valence-corrected chi connectivity index (χ4v) is 2.16. The fourth-order valence-electron chi connectivity index (χ4n) is 2.16. The third kappa shape index (κ3) is 2.81. The Morgan fingerprint density at radius 2 is 2.28 bits per heavy atom. The van der Waals surface area contributed by atoms with E-state index in [2.05, 4.69) is 10.3 Å². The number of aliphatic hydroxyl groups is 1. The molecule has 0 bridgehead atoms. The molecule has 1 aromatic rings. The van der Waals surface area contributed by atoms with Crippen LogP contribution >= 0.6 is 0 Å². The summed E-state index contributed by atoms with van der Waals surface area (Å²) in [6.45, 7) is 0.360. The Hall–Kier alpha value is -1.56. The molecule has 1 saturated carbocycles. The largest absolute Gasteiger partial charge is 0.393 e.